The van der Waals surface area contributed by atoms with E-state index in [0.29, 0.717) is 16.9 Å². The maximum Gasteiger partial charge on any atom is 0.331 e. The van der Waals surface area contributed by atoms with Gasteiger partial charge in [-0.3, -0.25) is 19.8 Å². The van der Waals surface area contributed by atoms with Crippen LogP contribution in [0.1, 0.15) is 36.8 Å². The van der Waals surface area contributed by atoms with Crippen molar-refractivity contribution >= 4 is 23.9 Å². The van der Waals surface area contributed by atoms with Crippen molar-refractivity contribution in [3.8, 4) is 5.75 Å². The standard InChI is InChI=1S/C23H21FN2O4/c24-17-8-5-6-15(12-17)14-30-20-11-4-1-7-16(20)13-19-21(27)25-23(29)26(22(19)28)18-9-2-3-10-18/h1,4-8,11-13,18H,2-3,9-10,14H2,(H,25,27,29)/b19-13+. The number of para-hydroxylation sites is 1. The number of carbonyl (C=O) groups excluding carboxylic acids is 3. The molecule has 1 aliphatic heterocycles. The number of amides is 4. The molecule has 154 valence electrons. The van der Waals surface area contributed by atoms with E-state index in [-0.39, 0.29) is 24.0 Å². The van der Waals surface area contributed by atoms with Gasteiger partial charge >= 0.3 is 6.03 Å². The highest BCUT2D eigenvalue weighted by Crippen LogP contribution is 2.28. The largest absolute Gasteiger partial charge is 0.488 e. The van der Waals surface area contributed by atoms with Gasteiger partial charge in [-0.25, -0.2) is 9.18 Å². The van der Waals surface area contributed by atoms with Gasteiger partial charge in [-0.1, -0.05) is 43.2 Å². The van der Waals surface area contributed by atoms with Gasteiger partial charge in [-0.2, -0.15) is 0 Å². The van der Waals surface area contributed by atoms with Gasteiger partial charge in [0.05, 0.1) is 0 Å². The van der Waals surface area contributed by atoms with Gasteiger partial charge in [0.1, 0.15) is 23.7 Å². The van der Waals surface area contributed by atoms with E-state index in [9.17, 15) is 18.8 Å². The highest BCUT2D eigenvalue weighted by atomic mass is 19.1. The molecule has 0 aromatic heterocycles. The molecule has 4 rings (SSSR count). The minimum Gasteiger partial charge on any atom is -0.488 e. The van der Waals surface area contributed by atoms with E-state index in [4.69, 9.17) is 4.74 Å². The molecular formula is C23H21FN2O4. The third-order valence-electron chi connectivity index (χ3n) is 5.33. The molecule has 0 bridgehead atoms. The third kappa shape index (κ3) is 4.10. The Labute approximate surface area is 173 Å². The number of hydrogen-bond acceptors (Lipinski definition) is 4. The summed E-state index contributed by atoms with van der Waals surface area (Å²) in [6.45, 7) is 0.130. The summed E-state index contributed by atoms with van der Waals surface area (Å²) in [4.78, 5) is 38.7. The van der Waals surface area contributed by atoms with E-state index in [1.807, 2.05) is 0 Å². The van der Waals surface area contributed by atoms with E-state index >= 15 is 0 Å². The minimum atomic E-state index is -0.723. The zero-order valence-corrected chi connectivity index (χ0v) is 16.3. The minimum absolute atomic E-state index is 0.108. The van der Waals surface area contributed by atoms with Crippen LogP contribution in [-0.2, 0) is 16.2 Å². The number of benzene rings is 2. The van der Waals surface area contributed by atoms with Crippen molar-refractivity contribution in [2.24, 2.45) is 0 Å². The Kier molecular flexibility index (Phi) is 5.61. The number of hydrogen-bond donors (Lipinski definition) is 1. The Hall–Kier alpha value is -3.48. The molecule has 7 heteroatoms. The first-order chi connectivity index (χ1) is 14.5. The molecule has 1 saturated carbocycles. The van der Waals surface area contributed by atoms with Crippen molar-refractivity contribution in [3.63, 3.8) is 0 Å². The van der Waals surface area contributed by atoms with Crippen LogP contribution in [0.3, 0.4) is 0 Å². The van der Waals surface area contributed by atoms with E-state index < -0.39 is 17.8 Å². The van der Waals surface area contributed by atoms with Crippen molar-refractivity contribution in [2.45, 2.75) is 38.3 Å². The molecule has 1 aliphatic carbocycles. The van der Waals surface area contributed by atoms with Gasteiger partial charge in [0.2, 0.25) is 0 Å². The second-order valence-corrected chi connectivity index (χ2v) is 7.39. The normalized spacial score (nSPS) is 18.8. The Morgan fingerprint density at radius 2 is 1.83 bits per heavy atom. The number of halogens is 1. The Morgan fingerprint density at radius 3 is 2.60 bits per heavy atom. The first kappa shape index (κ1) is 19.8. The maximum absolute atomic E-state index is 13.4. The zero-order chi connectivity index (χ0) is 21.1. The molecule has 30 heavy (non-hydrogen) atoms. The summed E-state index contributed by atoms with van der Waals surface area (Å²) in [6, 6.07) is 12.2. The number of carbonyl (C=O) groups is 3. The van der Waals surface area contributed by atoms with Crippen molar-refractivity contribution < 1.29 is 23.5 Å². The molecular weight excluding hydrogens is 387 g/mol. The fraction of sp³-hybridized carbons (Fsp3) is 0.261. The van der Waals surface area contributed by atoms with Gasteiger partial charge in [0, 0.05) is 11.6 Å². The van der Waals surface area contributed by atoms with Crippen LogP contribution in [0.4, 0.5) is 9.18 Å². The van der Waals surface area contributed by atoms with Gasteiger partial charge < -0.3 is 4.74 Å². The fourth-order valence-electron chi connectivity index (χ4n) is 3.84. The highest BCUT2D eigenvalue weighted by molar-refractivity contribution is 6.31. The lowest BCUT2D eigenvalue weighted by Gasteiger charge is -2.31. The Morgan fingerprint density at radius 1 is 1.07 bits per heavy atom. The van der Waals surface area contributed by atoms with Gasteiger partial charge in [-0.05, 0) is 42.7 Å². The quantitative estimate of drug-likeness (QED) is 0.603. The molecule has 0 radical (unpaired) electrons. The number of ether oxygens (including phenoxy) is 1. The molecule has 2 aromatic rings. The van der Waals surface area contributed by atoms with Crippen LogP contribution in [0.2, 0.25) is 0 Å². The predicted octanol–water partition coefficient (Wildman–Crippen LogP) is 3.81. The monoisotopic (exact) mass is 408 g/mol. The molecule has 2 aromatic carbocycles. The highest BCUT2D eigenvalue weighted by Gasteiger charge is 2.40. The zero-order valence-electron chi connectivity index (χ0n) is 16.3. The predicted molar refractivity (Wildman–Crippen MR) is 108 cm³/mol. The smallest absolute Gasteiger partial charge is 0.331 e. The summed E-state index contributed by atoms with van der Waals surface area (Å²) in [6.07, 6.45) is 4.83. The first-order valence-electron chi connectivity index (χ1n) is 9.90. The number of barbiturate groups is 1. The average molecular weight is 408 g/mol. The van der Waals surface area contributed by atoms with Crippen molar-refractivity contribution in [1.29, 1.82) is 0 Å². The second kappa shape index (κ2) is 8.49. The molecule has 4 amide bonds. The van der Waals surface area contributed by atoms with E-state index in [1.165, 1.54) is 18.2 Å². The molecule has 1 heterocycles. The average Bonchev–Trinajstić information content (AvgIpc) is 3.24. The van der Waals surface area contributed by atoms with Crippen LogP contribution in [0.15, 0.2) is 54.1 Å². The summed E-state index contributed by atoms with van der Waals surface area (Å²) in [5, 5.41) is 2.27. The van der Waals surface area contributed by atoms with Crippen molar-refractivity contribution in [1.82, 2.24) is 10.2 Å². The van der Waals surface area contributed by atoms with Crippen LogP contribution < -0.4 is 10.1 Å². The lowest BCUT2D eigenvalue weighted by Crippen LogP contribution is -2.57. The summed E-state index contributed by atoms with van der Waals surface area (Å²) >= 11 is 0. The number of rotatable bonds is 5. The number of urea groups is 1. The number of nitrogens with zero attached hydrogens (tertiary/aromatic N) is 1. The summed E-state index contributed by atoms with van der Waals surface area (Å²) in [5.41, 5.74) is 1.07. The van der Waals surface area contributed by atoms with Gasteiger partial charge in [0.15, 0.2) is 0 Å². The lowest BCUT2D eigenvalue weighted by molar-refractivity contribution is -0.131. The number of imide groups is 2. The molecule has 0 atom stereocenters. The first-order valence-corrected chi connectivity index (χ1v) is 9.90. The van der Waals surface area contributed by atoms with E-state index in [2.05, 4.69) is 5.32 Å². The van der Waals surface area contributed by atoms with Crippen molar-refractivity contribution in [2.75, 3.05) is 0 Å². The van der Waals surface area contributed by atoms with Crippen LogP contribution in [0, 0.1) is 5.82 Å². The van der Waals surface area contributed by atoms with Gasteiger partial charge in [-0.15, -0.1) is 0 Å². The molecule has 1 N–H and O–H groups in total. The molecule has 2 fully saturated rings. The number of nitrogens with one attached hydrogen (secondary N) is 1. The SMILES string of the molecule is O=C1NC(=O)N(C2CCCC2)C(=O)/C1=C/c1ccccc1OCc1cccc(F)c1. The summed E-state index contributed by atoms with van der Waals surface area (Å²) in [7, 11) is 0. The van der Waals surface area contributed by atoms with Crippen LogP contribution in [0.25, 0.3) is 6.08 Å². The second-order valence-electron chi connectivity index (χ2n) is 7.39. The molecule has 0 spiro atoms. The van der Waals surface area contributed by atoms with Gasteiger partial charge in [0.25, 0.3) is 11.8 Å². The third-order valence-corrected chi connectivity index (χ3v) is 5.33. The van der Waals surface area contributed by atoms with Crippen LogP contribution in [-0.4, -0.2) is 28.8 Å². The van der Waals surface area contributed by atoms with E-state index in [1.54, 1.807) is 36.4 Å². The molecule has 6 nitrogen and oxygen atoms in total. The van der Waals surface area contributed by atoms with E-state index in [0.717, 1.165) is 30.6 Å². The summed E-state index contributed by atoms with van der Waals surface area (Å²) < 4.78 is 19.2. The Bertz CT molecular complexity index is 1030. The topological polar surface area (TPSA) is 75.7 Å². The van der Waals surface area contributed by atoms with Crippen molar-refractivity contribution in [3.05, 3.63) is 71.0 Å². The Balaban J connectivity index is 1.59. The molecule has 2 aliphatic rings. The fourth-order valence-corrected chi connectivity index (χ4v) is 3.84. The molecule has 0 unspecified atom stereocenters. The summed E-state index contributed by atoms with van der Waals surface area (Å²) in [5.74, 6) is -1.22. The van der Waals surface area contributed by atoms with Crippen LogP contribution >= 0.6 is 0 Å². The maximum atomic E-state index is 13.4. The lowest BCUT2D eigenvalue weighted by atomic mass is 10.0. The van der Waals surface area contributed by atoms with Crippen LogP contribution in [0.5, 0.6) is 5.75 Å². The molecule has 1 saturated heterocycles.